The van der Waals surface area contributed by atoms with Crippen LogP contribution in [0.2, 0.25) is 0 Å². The van der Waals surface area contributed by atoms with Crippen LogP contribution in [0, 0.1) is 0 Å². The SMILES string of the molecule is CCOC(=O)c1ncsc1SCC(=O)c1ccc(Br)cc1. The van der Waals surface area contributed by atoms with Crippen LogP contribution in [0.25, 0.3) is 0 Å². The summed E-state index contributed by atoms with van der Waals surface area (Å²) >= 11 is 5.97. The third-order valence-electron chi connectivity index (χ3n) is 2.50. The summed E-state index contributed by atoms with van der Waals surface area (Å²) in [6.07, 6.45) is 0. The number of thioether (sulfide) groups is 1. The van der Waals surface area contributed by atoms with Crippen molar-refractivity contribution in [3.8, 4) is 0 Å². The average Bonchev–Trinajstić information content (AvgIpc) is 2.94. The standard InChI is InChI=1S/C14H12BrNO3S2/c1-2-19-13(18)12-14(21-8-16-12)20-7-11(17)9-3-5-10(15)6-4-9/h3-6,8H,2,7H2,1H3. The van der Waals surface area contributed by atoms with Gasteiger partial charge in [0.1, 0.15) is 0 Å². The lowest BCUT2D eigenvalue weighted by Gasteiger charge is -2.03. The van der Waals surface area contributed by atoms with Gasteiger partial charge in [-0.05, 0) is 19.1 Å². The summed E-state index contributed by atoms with van der Waals surface area (Å²) in [5, 5.41) is 0. The van der Waals surface area contributed by atoms with Gasteiger partial charge in [-0.3, -0.25) is 4.79 Å². The van der Waals surface area contributed by atoms with Gasteiger partial charge in [0.15, 0.2) is 11.5 Å². The number of nitrogens with zero attached hydrogens (tertiary/aromatic N) is 1. The zero-order chi connectivity index (χ0) is 15.2. The Morgan fingerprint density at radius 3 is 2.71 bits per heavy atom. The molecule has 2 rings (SSSR count). The van der Waals surface area contributed by atoms with E-state index in [0.717, 1.165) is 4.47 Å². The molecule has 0 spiro atoms. The minimum absolute atomic E-state index is 0.00992. The molecule has 0 aliphatic rings. The first-order chi connectivity index (χ1) is 10.1. The molecule has 0 aliphatic heterocycles. The summed E-state index contributed by atoms with van der Waals surface area (Å²) in [4.78, 5) is 27.8. The molecule has 0 N–H and O–H groups in total. The number of esters is 1. The van der Waals surface area contributed by atoms with Gasteiger partial charge in [0.05, 0.1) is 22.1 Å². The molecule has 0 saturated carbocycles. The Kier molecular flexibility index (Phi) is 5.96. The van der Waals surface area contributed by atoms with E-state index in [4.69, 9.17) is 4.74 Å². The van der Waals surface area contributed by atoms with Gasteiger partial charge in [-0.2, -0.15) is 0 Å². The molecule has 0 amide bonds. The van der Waals surface area contributed by atoms with Gasteiger partial charge in [0, 0.05) is 10.0 Å². The molecule has 0 atom stereocenters. The Balaban J connectivity index is 2.00. The molecule has 110 valence electrons. The fraction of sp³-hybridized carbons (Fsp3) is 0.214. The topological polar surface area (TPSA) is 56.3 Å². The van der Waals surface area contributed by atoms with E-state index < -0.39 is 5.97 Å². The van der Waals surface area contributed by atoms with E-state index in [0.29, 0.717) is 16.4 Å². The fourth-order valence-corrected chi connectivity index (χ4v) is 3.57. The highest BCUT2D eigenvalue weighted by Crippen LogP contribution is 2.28. The zero-order valence-electron chi connectivity index (χ0n) is 11.2. The molecular weight excluding hydrogens is 374 g/mol. The minimum atomic E-state index is -0.447. The smallest absolute Gasteiger partial charge is 0.358 e. The van der Waals surface area contributed by atoms with Crippen molar-refractivity contribution < 1.29 is 14.3 Å². The molecule has 1 aromatic heterocycles. The lowest BCUT2D eigenvalue weighted by atomic mass is 10.2. The Morgan fingerprint density at radius 2 is 2.05 bits per heavy atom. The van der Waals surface area contributed by atoms with Crippen LogP contribution in [-0.4, -0.2) is 29.1 Å². The van der Waals surface area contributed by atoms with Gasteiger partial charge in [-0.25, -0.2) is 9.78 Å². The molecule has 21 heavy (non-hydrogen) atoms. The minimum Gasteiger partial charge on any atom is -0.461 e. The van der Waals surface area contributed by atoms with Gasteiger partial charge in [-0.15, -0.1) is 23.1 Å². The number of halogens is 1. The summed E-state index contributed by atoms with van der Waals surface area (Å²) in [6.45, 7) is 2.05. The number of ether oxygens (including phenoxy) is 1. The van der Waals surface area contributed by atoms with Gasteiger partial charge < -0.3 is 4.74 Å². The van der Waals surface area contributed by atoms with Gasteiger partial charge in [0.2, 0.25) is 0 Å². The maximum atomic E-state index is 12.1. The monoisotopic (exact) mass is 385 g/mol. The van der Waals surface area contributed by atoms with Gasteiger partial charge in [-0.1, -0.05) is 28.1 Å². The van der Waals surface area contributed by atoms with Crippen LogP contribution in [0.4, 0.5) is 0 Å². The highest BCUT2D eigenvalue weighted by Gasteiger charge is 2.17. The molecule has 1 heterocycles. The molecular formula is C14H12BrNO3S2. The maximum Gasteiger partial charge on any atom is 0.358 e. The molecule has 2 aromatic rings. The van der Waals surface area contributed by atoms with E-state index in [1.807, 2.05) is 12.1 Å². The highest BCUT2D eigenvalue weighted by molar-refractivity contribution is 9.10. The van der Waals surface area contributed by atoms with Crippen LogP contribution in [0.1, 0.15) is 27.8 Å². The van der Waals surface area contributed by atoms with E-state index in [1.165, 1.54) is 23.1 Å². The summed E-state index contributed by atoms with van der Waals surface area (Å²) in [5.41, 5.74) is 2.52. The predicted octanol–water partition coefficient (Wildman–Crippen LogP) is 4.06. The number of ketones is 1. The van der Waals surface area contributed by atoms with Crippen LogP contribution >= 0.6 is 39.0 Å². The lowest BCUT2D eigenvalue weighted by Crippen LogP contribution is -2.07. The second kappa shape index (κ2) is 7.72. The normalized spacial score (nSPS) is 10.4. The second-order valence-electron chi connectivity index (χ2n) is 3.93. The van der Waals surface area contributed by atoms with E-state index >= 15 is 0 Å². The molecule has 0 aliphatic carbocycles. The second-order valence-corrected chi connectivity index (χ2v) is 6.94. The molecule has 1 aromatic carbocycles. The van der Waals surface area contributed by atoms with Crippen molar-refractivity contribution in [2.24, 2.45) is 0 Å². The van der Waals surface area contributed by atoms with E-state index in [1.54, 1.807) is 24.6 Å². The Hall–Kier alpha value is -1.18. The molecule has 0 radical (unpaired) electrons. The summed E-state index contributed by atoms with van der Waals surface area (Å²) in [5.74, 6) is -0.177. The van der Waals surface area contributed by atoms with Crippen molar-refractivity contribution in [2.45, 2.75) is 11.1 Å². The van der Waals surface area contributed by atoms with Crippen molar-refractivity contribution in [3.63, 3.8) is 0 Å². The van der Waals surface area contributed by atoms with E-state index in [2.05, 4.69) is 20.9 Å². The third-order valence-corrected chi connectivity index (χ3v) is 5.16. The summed E-state index contributed by atoms with van der Waals surface area (Å²) in [6, 6.07) is 7.20. The zero-order valence-corrected chi connectivity index (χ0v) is 14.4. The number of aromatic nitrogens is 1. The van der Waals surface area contributed by atoms with Crippen LogP contribution in [0.15, 0.2) is 38.5 Å². The van der Waals surface area contributed by atoms with E-state index in [9.17, 15) is 9.59 Å². The van der Waals surface area contributed by atoms with Gasteiger partial charge in [0.25, 0.3) is 0 Å². The largest absolute Gasteiger partial charge is 0.461 e. The first-order valence-corrected chi connectivity index (χ1v) is 8.79. The number of benzene rings is 1. The number of rotatable bonds is 6. The Morgan fingerprint density at radius 1 is 1.33 bits per heavy atom. The van der Waals surface area contributed by atoms with Crippen LogP contribution in [0.5, 0.6) is 0 Å². The van der Waals surface area contributed by atoms with Crippen molar-refractivity contribution in [2.75, 3.05) is 12.4 Å². The molecule has 0 bridgehead atoms. The predicted molar refractivity (Wildman–Crippen MR) is 87.3 cm³/mol. The Labute approximate surface area is 139 Å². The van der Waals surface area contributed by atoms with Crippen molar-refractivity contribution >= 4 is 50.8 Å². The number of thiazole rings is 1. The maximum absolute atomic E-state index is 12.1. The highest BCUT2D eigenvalue weighted by atomic mass is 79.9. The first-order valence-electron chi connectivity index (χ1n) is 6.14. The number of Topliss-reactive ketones (excluding diaryl/α,β-unsaturated/α-hetero) is 1. The number of carbonyl (C=O) groups is 2. The number of hydrogen-bond acceptors (Lipinski definition) is 6. The molecule has 7 heteroatoms. The quantitative estimate of drug-likeness (QED) is 0.426. The van der Waals surface area contributed by atoms with Crippen molar-refractivity contribution in [1.82, 2.24) is 4.98 Å². The first kappa shape index (κ1) is 16.2. The average molecular weight is 386 g/mol. The summed E-state index contributed by atoms with van der Waals surface area (Å²) in [7, 11) is 0. The lowest BCUT2D eigenvalue weighted by molar-refractivity contribution is 0.0516. The van der Waals surface area contributed by atoms with Crippen LogP contribution in [-0.2, 0) is 4.74 Å². The third kappa shape index (κ3) is 4.39. The molecule has 0 saturated heterocycles. The number of hydrogen-bond donors (Lipinski definition) is 0. The molecule has 4 nitrogen and oxygen atoms in total. The van der Waals surface area contributed by atoms with Crippen LogP contribution < -0.4 is 0 Å². The molecule has 0 unspecified atom stereocenters. The summed E-state index contributed by atoms with van der Waals surface area (Å²) < 4.78 is 6.57. The number of carbonyl (C=O) groups excluding carboxylic acids is 2. The fourth-order valence-electron chi connectivity index (χ4n) is 1.52. The van der Waals surface area contributed by atoms with Gasteiger partial charge >= 0.3 is 5.97 Å². The molecule has 0 fully saturated rings. The van der Waals surface area contributed by atoms with Crippen LogP contribution in [0.3, 0.4) is 0 Å². The van der Waals surface area contributed by atoms with Crippen molar-refractivity contribution in [1.29, 1.82) is 0 Å². The van der Waals surface area contributed by atoms with Crippen molar-refractivity contribution in [3.05, 3.63) is 45.5 Å². The Bertz CT molecular complexity index is 640. The van der Waals surface area contributed by atoms with E-state index in [-0.39, 0.29) is 17.2 Å².